The van der Waals surface area contributed by atoms with E-state index >= 15 is 0 Å². The number of rotatable bonds is 3. The van der Waals surface area contributed by atoms with Gasteiger partial charge in [0.15, 0.2) is 0 Å². The van der Waals surface area contributed by atoms with E-state index in [9.17, 15) is 15.4 Å². The highest BCUT2D eigenvalue weighted by molar-refractivity contribution is 6.32. The number of nitro groups is 1. The minimum Gasteiger partial charge on any atom is -0.258 e. The second-order valence-electron chi connectivity index (χ2n) is 4.32. The number of nitro benzene ring substituents is 1. The van der Waals surface area contributed by atoms with Crippen LogP contribution >= 0.6 is 11.6 Å². The molecule has 0 atom stereocenters. The molecular formula is C16H8ClN3O2. The van der Waals surface area contributed by atoms with Gasteiger partial charge in [0.1, 0.15) is 0 Å². The lowest BCUT2D eigenvalue weighted by Gasteiger charge is -2.02. The predicted octanol–water partition coefficient (Wildman–Crippen LogP) is 4.18. The fraction of sp³-hybridized carbons (Fsp3) is 0. The molecule has 2 rings (SSSR count). The molecule has 2 aromatic carbocycles. The van der Waals surface area contributed by atoms with E-state index in [1.54, 1.807) is 24.3 Å². The summed E-state index contributed by atoms with van der Waals surface area (Å²) in [6.07, 6.45) is 1.48. The van der Waals surface area contributed by atoms with Crippen LogP contribution in [0, 0.1) is 32.8 Å². The van der Waals surface area contributed by atoms with Crippen molar-refractivity contribution in [3.8, 4) is 12.1 Å². The van der Waals surface area contributed by atoms with Gasteiger partial charge in [-0.25, -0.2) is 0 Å². The zero-order chi connectivity index (χ0) is 16.1. The van der Waals surface area contributed by atoms with E-state index in [4.69, 9.17) is 16.9 Å². The Labute approximate surface area is 131 Å². The molecule has 0 heterocycles. The molecule has 0 fully saturated rings. The summed E-state index contributed by atoms with van der Waals surface area (Å²) in [7, 11) is 0. The van der Waals surface area contributed by atoms with Crippen LogP contribution in [0.25, 0.3) is 11.6 Å². The first-order chi connectivity index (χ1) is 10.5. The number of non-ortho nitro benzene ring substituents is 1. The summed E-state index contributed by atoms with van der Waals surface area (Å²) >= 11 is 6.02. The fourth-order valence-corrected chi connectivity index (χ4v) is 1.99. The Bertz CT molecular complexity index is 843. The Hall–Kier alpha value is -3.15. The van der Waals surface area contributed by atoms with Gasteiger partial charge >= 0.3 is 0 Å². The molecule has 0 saturated heterocycles. The van der Waals surface area contributed by atoms with Crippen LogP contribution in [0.1, 0.15) is 16.7 Å². The normalized spacial score (nSPS) is 10.6. The van der Waals surface area contributed by atoms with Gasteiger partial charge in [0, 0.05) is 22.7 Å². The predicted molar refractivity (Wildman–Crippen MR) is 82.7 cm³/mol. The molecule has 0 aliphatic rings. The summed E-state index contributed by atoms with van der Waals surface area (Å²) in [5.74, 6) is 0. The Balaban J connectivity index is 2.49. The van der Waals surface area contributed by atoms with Crippen molar-refractivity contribution in [2.24, 2.45) is 0 Å². The zero-order valence-electron chi connectivity index (χ0n) is 11.2. The summed E-state index contributed by atoms with van der Waals surface area (Å²) in [6, 6.07) is 14.5. The molecular weight excluding hydrogens is 302 g/mol. The molecule has 6 heteroatoms. The number of allylic oxidation sites excluding steroid dienone is 1. The zero-order valence-corrected chi connectivity index (χ0v) is 11.9. The molecule has 0 aromatic heterocycles. The number of benzene rings is 2. The molecule has 0 saturated carbocycles. The average Bonchev–Trinajstić information content (AvgIpc) is 2.54. The van der Waals surface area contributed by atoms with Crippen LogP contribution in [0.2, 0.25) is 5.02 Å². The molecule has 2 aromatic rings. The number of halogens is 1. The molecule has 5 nitrogen and oxygen atoms in total. The van der Waals surface area contributed by atoms with Crippen molar-refractivity contribution in [3.05, 3.63) is 74.3 Å². The molecule has 0 aliphatic heterocycles. The van der Waals surface area contributed by atoms with Crippen LogP contribution in [-0.4, -0.2) is 4.92 Å². The molecule has 0 radical (unpaired) electrons. The number of nitrogens with zero attached hydrogens (tertiary/aromatic N) is 3. The summed E-state index contributed by atoms with van der Waals surface area (Å²) in [5, 5.41) is 29.2. The van der Waals surface area contributed by atoms with Gasteiger partial charge in [-0.1, -0.05) is 23.7 Å². The van der Waals surface area contributed by atoms with Crippen LogP contribution in [0.5, 0.6) is 0 Å². The third-order valence-corrected chi connectivity index (χ3v) is 3.28. The van der Waals surface area contributed by atoms with Gasteiger partial charge in [0.05, 0.1) is 28.2 Å². The van der Waals surface area contributed by atoms with Crippen LogP contribution in [0.4, 0.5) is 5.69 Å². The molecule has 106 valence electrons. The number of hydrogen-bond donors (Lipinski definition) is 0. The molecule has 0 aliphatic carbocycles. The first kappa shape index (κ1) is 15.2. The van der Waals surface area contributed by atoms with Crippen molar-refractivity contribution >= 4 is 28.9 Å². The molecule has 0 spiro atoms. The molecule has 0 amide bonds. The largest absolute Gasteiger partial charge is 0.270 e. The van der Waals surface area contributed by atoms with E-state index in [0.29, 0.717) is 27.3 Å². The standard InChI is InChI=1S/C16H8ClN3O2/c17-16-6-5-15(20(21)22)8-13(16)7-14(10-19)12-3-1-11(9-18)2-4-12/h1-8H/b14-7-. The summed E-state index contributed by atoms with van der Waals surface area (Å²) < 4.78 is 0. The van der Waals surface area contributed by atoms with Gasteiger partial charge in [0.25, 0.3) is 5.69 Å². The van der Waals surface area contributed by atoms with Gasteiger partial charge in [-0.2, -0.15) is 10.5 Å². The second kappa shape index (κ2) is 6.53. The topological polar surface area (TPSA) is 90.7 Å². The van der Waals surface area contributed by atoms with E-state index < -0.39 is 4.92 Å². The lowest BCUT2D eigenvalue weighted by Crippen LogP contribution is -1.89. The van der Waals surface area contributed by atoms with E-state index in [1.165, 1.54) is 24.3 Å². The highest BCUT2D eigenvalue weighted by Crippen LogP contribution is 2.26. The summed E-state index contributed by atoms with van der Waals surface area (Å²) in [5.41, 5.74) is 1.66. The van der Waals surface area contributed by atoms with E-state index in [2.05, 4.69) is 0 Å². The van der Waals surface area contributed by atoms with E-state index in [-0.39, 0.29) is 5.69 Å². The summed E-state index contributed by atoms with van der Waals surface area (Å²) in [6.45, 7) is 0. The van der Waals surface area contributed by atoms with E-state index in [1.807, 2.05) is 12.1 Å². The minimum atomic E-state index is -0.526. The first-order valence-corrected chi connectivity index (χ1v) is 6.49. The quantitative estimate of drug-likeness (QED) is 0.368. The van der Waals surface area contributed by atoms with Crippen LogP contribution < -0.4 is 0 Å². The molecule has 0 unspecified atom stereocenters. The lowest BCUT2D eigenvalue weighted by atomic mass is 10.0. The van der Waals surface area contributed by atoms with Crippen molar-refractivity contribution in [1.29, 1.82) is 10.5 Å². The number of nitriles is 2. The Morgan fingerprint density at radius 2 is 1.86 bits per heavy atom. The van der Waals surface area contributed by atoms with Gasteiger partial charge in [-0.05, 0) is 29.8 Å². The monoisotopic (exact) mass is 309 g/mol. The maximum Gasteiger partial charge on any atom is 0.270 e. The lowest BCUT2D eigenvalue weighted by molar-refractivity contribution is -0.384. The van der Waals surface area contributed by atoms with Crippen molar-refractivity contribution < 1.29 is 4.92 Å². The SMILES string of the molecule is N#C/C(=C/c1cc([N+](=O)[O-])ccc1Cl)c1ccc(C#N)cc1. The highest BCUT2D eigenvalue weighted by Gasteiger charge is 2.10. The first-order valence-electron chi connectivity index (χ1n) is 6.11. The van der Waals surface area contributed by atoms with Crippen molar-refractivity contribution in [1.82, 2.24) is 0 Å². The van der Waals surface area contributed by atoms with Crippen LogP contribution in [0.15, 0.2) is 42.5 Å². The second-order valence-corrected chi connectivity index (χ2v) is 4.73. The molecule has 22 heavy (non-hydrogen) atoms. The van der Waals surface area contributed by atoms with Gasteiger partial charge in [-0.15, -0.1) is 0 Å². The Morgan fingerprint density at radius 1 is 1.18 bits per heavy atom. The minimum absolute atomic E-state index is 0.104. The molecule has 0 bridgehead atoms. The van der Waals surface area contributed by atoms with Crippen LogP contribution in [0.3, 0.4) is 0 Å². The van der Waals surface area contributed by atoms with Crippen molar-refractivity contribution in [2.75, 3.05) is 0 Å². The Kier molecular flexibility index (Phi) is 4.53. The van der Waals surface area contributed by atoms with Gasteiger partial charge in [-0.3, -0.25) is 10.1 Å². The van der Waals surface area contributed by atoms with E-state index in [0.717, 1.165) is 0 Å². The number of hydrogen-bond acceptors (Lipinski definition) is 4. The third-order valence-electron chi connectivity index (χ3n) is 2.94. The smallest absolute Gasteiger partial charge is 0.258 e. The van der Waals surface area contributed by atoms with Gasteiger partial charge < -0.3 is 0 Å². The Morgan fingerprint density at radius 3 is 2.41 bits per heavy atom. The maximum absolute atomic E-state index is 10.8. The highest BCUT2D eigenvalue weighted by atomic mass is 35.5. The molecule has 0 N–H and O–H groups in total. The van der Waals surface area contributed by atoms with Gasteiger partial charge in [0.2, 0.25) is 0 Å². The average molecular weight is 310 g/mol. The van der Waals surface area contributed by atoms with Crippen molar-refractivity contribution in [3.63, 3.8) is 0 Å². The summed E-state index contributed by atoms with van der Waals surface area (Å²) in [4.78, 5) is 10.3. The maximum atomic E-state index is 10.8. The van der Waals surface area contributed by atoms with Crippen molar-refractivity contribution in [2.45, 2.75) is 0 Å². The fourth-order valence-electron chi connectivity index (χ4n) is 1.82. The third kappa shape index (κ3) is 3.29. The van der Waals surface area contributed by atoms with Crippen LogP contribution in [-0.2, 0) is 0 Å².